The Morgan fingerprint density at radius 2 is 2.12 bits per heavy atom. The third-order valence-electron chi connectivity index (χ3n) is 2.37. The summed E-state index contributed by atoms with van der Waals surface area (Å²) < 4.78 is 37.4. The summed E-state index contributed by atoms with van der Waals surface area (Å²) in [6, 6.07) is 1.26. The van der Waals surface area contributed by atoms with Gasteiger partial charge in [0.2, 0.25) is 6.08 Å². The standard InChI is InChI=1S/C10H7F3N2O/c11-10(12,13)9-8(15-5-16)3-7(4-14-9)6-1-2-6/h3-4,6H,1-2H2. The predicted molar refractivity (Wildman–Crippen MR) is 49.0 cm³/mol. The molecular formula is C10H7F3N2O. The maximum Gasteiger partial charge on any atom is 0.435 e. The average Bonchev–Trinajstić information content (AvgIpc) is 2.99. The number of alkyl halides is 3. The lowest BCUT2D eigenvalue weighted by Gasteiger charge is -2.08. The molecule has 6 heteroatoms. The first-order valence-electron chi connectivity index (χ1n) is 4.67. The van der Waals surface area contributed by atoms with Gasteiger partial charge in [0.25, 0.3) is 0 Å². The van der Waals surface area contributed by atoms with Gasteiger partial charge >= 0.3 is 6.18 Å². The van der Waals surface area contributed by atoms with Crippen molar-refractivity contribution in [3.63, 3.8) is 0 Å². The quantitative estimate of drug-likeness (QED) is 0.576. The molecule has 84 valence electrons. The summed E-state index contributed by atoms with van der Waals surface area (Å²) in [5.74, 6) is 0.260. The maximum absolute atomic E-state index is 12.5. The topological polar surface area (TPSA) is 42.3 Å². The molecular weight excluding hydrogens is 221 g/mol. The van der Waals surface area contributed by atoms with Crippen LogP contribution in [0.1, 0.15) is 30.0 Å². The first-order chi connectivity index (χ1) is 7.52. The molecule has 1 aliphatic carbocycles. The monoisotopic (exact) mass is 228 g/mol. The van der Waals surface area contributed by atoms with Crippen LogP contribution in [0.4, 0.5) is 18.9 Å². The Bertz CT molecular complexity index is 460. The van der Waals surface area contributed by atoms with Crippen molar-refractivity contribution in [3.05, 3.63) is 23.5 Å². The average molecular weight is 228 g/mol. The van der Waals surface area contributed by atoms with Crippen LogP contribution in [0.2, 0.25) is 0 Å². The molecule has 0 atom stereocenters. The van der Waals surface area contributed by atoms with Gasteiger partial charge in [0.15, 0.2) is 5.69 Å². The summed E-state index contributed by atoms with van der Waals surface area (Å²) in [5, 5.41) is 0. The van der Waals surface area contributed by atoms with E-state index in [1.165, 1.54) is 12.3 Å². The number of carbonyl (C=O) groups excluding carboxylic acids is 1. The number of aliphatic imine (C=N–C) groups is 1. The van der Waals surface area contributed by atoms with E-state index in [1.807, 2.05) is 0 Å². The molecule has 0 saturated heterocycles. The molecule has 1 aromatic heterocycles. The highest BCUT2D eigenvalue weighted by atomic mass is 19.4. The van der Waals surface area contributed by atoms with Crippen LogP contribution in [-0.4, -0.2) is 11.1 Å². The van der Waals surface area contributed by atoms with Crippen LogP contribution >= 0.6 is 0 Å². The number of pyridine rings is 1. The molecule has 3 nitrogen and oxygen atoms in total. The lowest BCUT2D eigenvalue weighted by molar-refractivity contribution is -0.140. The first kappa shape index (κ1) is 10.8. The van der Waals surface area contributed by atoms with E-state index in [1.54, 1.807) is 0 Å². The fourth-order valence-electron chi connectivity index (χ4n) is 1.46. The molecule has 0 bridgehead atoms. The smallest absolute Gasteiger partial charge is 0.249 e. The van der Waals surface area contributed by atoms with E-state index in [9.17, 15) is 18.0 Å². The van der Waals surface area contributed by atoms with Crippen molar-refractivity contribution < 1.29 is 18.0 Å². The molecule has 16 heavy (non-hydrogen) atoms. The normalized spacial score (nSPS) is 15.7. The number of nitrogens with zero attached hydrogens (tertiary/aromatic N) is 2. The van der Waals surface area contributed by atoms with Crippen molar-refractivity contribution in [2.45, 2.75) is 24.9 Å². The number of aromatic nitrogens is 1. The lowest BCUT2D eigenvalue weighted by Crippen LogP contribution is -2.08. The summed E-state index contributed by atoms with van der Waals surface area (Å²) in [7, 11) is 0. The van der Waals surface area contributed by atoms with Gasteiger partial charge < -0.3 is 0 Å². The second-order valence-corrected chi connectivity index (χ2v) is 3.61. The summed E-state index contributed by atoms with van der Waals surface area (Å²) in [5.41, 5.74) is -0.894. The number of halogens is 3. The second-order valence-electron chi connectivity index (χ2n) is 3.61. The molecule has 1 saturated carbocycles. The zero-order valence-corrected chi connectivity index (χ0v) is 8.08. The Balaban J connectivity index is 2.48. The van der Waals surface area contributed by atoms with Crippen LogP contribution in [0.15, 0.2) is 17.3 Å². The minimum atomic E-state index is -4.60. The lowest BCUT2D eigenvalue weighted by atomic mass is 10.1. The number of rotatable bonds is 2. The van der Waals surface area contributed by atoms with Gasteiger partial charge in [-0.25, -0.2) is 9.78 Å². The fraction of sp³-hybridized carbons (Fsp3) is 0.400. The van der Waals surface area contributed by atoms with Crippen LogP contribution in [0.5, 0.6) is 0 Å². The van der Waals surface area contributed by atoms with Crippen molar-refractivity contribution in [1.29, 1.82) is 0 Å². The Labute approximate surface area is 89.0 Å². The Morgan fingerprint density at radius 1 is 1.44 bits per heavy atom. The molecule has 1 aliphatic rings. The molecule has 1 fully saturated rings. The van der Waals surface area contributed by atoms with Crippen molar-refractivity contribution in [3.8, 4) is 0 Å². The van der Waals surface area contributed by atoms with E-state index in [2.05, 4.69) is 9.98 Å². The van der Waals surface area contributed by atoms with E-state index in [0.29, 0.717) is 5.56 Å². The van der Waals surface area contributed by atoms with E-state index < -0.39 is 17.6 Å². The van der Waals surface area contributed by atoms with E-state index in [-0.39, 0.29) is 5.92 Å². The van der Waals surface area contributed by atoms with Crippen LogP contribution in [-0.2, 0) is 11.0 Å². The SMILES string of the molecule is O=C=Nc1cc(C2CC2)cnc1C(F)(F)F. The molecule has 0 aliphatic heterocycles. The largest absolute Gasteiger partial charge is 0.435 e. The zero-order valence-electron chi connectivity index (χ0n) is 8.08. The molecule has 1 heterocycles. The van der Waals surface area contributed by atoms with Crippen LogP contribution in [0.3, 0.4) is 0 Å². The minimum Gasteiger partial charge on any atom is -0.249 e. The Morgan fingerprint density at radius 3 is 2.62 bits per heavy atom. The highest BCUT2D eigenvalue weighted by Gasteiger charge is 2.36. The molecule has 0 N–H and O–H groups in total. The maximum atomic E-state index is 12.5. The van der Waals surface area contributed by atoms with Gasteiger partial charge in [0.1, 0.15) is 5.69 Å². The zero-order chi connectivity index (χ0) is 11.8. The highest BCUT2D eigenvalue weighted by Crippen LogP contribution is 2.43. The second kappa shape index (κ2) is 3.72. The Kier molecular flexibility index (Phi) is 2.52. The molecule has 0 radical (unpaired) electrons. The van der Waals surface area contributed by atoms with Gasteiger partial charge in [0, 0.05) is 6.20 Å². The molecule has 0 amide bonds. The summed E-state index contributed by atoms with van der Waals surface area (Å²) in [4.78, 5) is 16.5. The molecule has 0 spiro atoms. The predicted octanol–water partition coefficient (Wildman–Crippen LogP) is 2.95. The van der Waals surface area contributed by atoms with Crippen molar-refractivity contribution in [2.24, 2.45) is 4.99 Å². The van der Waals surface area contributed by atoms with Crippen LogP contribution in [0, 0.1) is 0 Å². The summed E-state index contributed by atoms with van der Waals surface area (Å²) in [6.07, 6.45) is -0.399. The highest BCUT2D eigenvalue weighted by molar-refractivity contribution is 5.54. The van der Waals surface area contributed by atoms with E-state index >= 15 is 0 Å². The third kappa shape index (κ3) is 2.12. The van der Waals surface area contributed by atoms with Gasteiger partial charge in [-0.05, 0) is 30.4 Å². The fourth-order valence-corrected chi connectivity index (χ4v) is 1.46. The van der Waals surface area contributed by atoms with Gasteiger partial charge in [-0.3, -0.25) is 0 Å². The Hall–Kier alpha value is -1.68. The number of hydrogen-bond donors (Lipinski definition) is 0. The van der Waals surface area contributed by atoms with E-state index in [4.69, 9.17) is 0 Å². The van der Waals surface area contributed by atoms with Gasteiger partial charge in [0.05, 0.1) is 0 Å². The van der Waals surface area contributed by atoms with Crippen molar-refractivity contribution >= 4 is 11.8 Å². The molecule has 0 unspecified atom stereocenters. The van der Waals surface area contributed by atoms with Crippen molar-refractivity contribution in [2.75, 3.05) is 0 Å². The number of hydrogen-bond acceptors (Lipinski definition) is 3. The van der Waals surface area contributed by atoms with Crippen LogP contribution in [0.25, 0.3) is 0 Å². The van der Waals surface area contributed by atoms with Gasteiger partial charge in [-0.1, -0.05) is 0 Å². The third-order valence-corrected chi connectivity index (χ3v) is 2.37. The van der Waals surface area contributed by atoms with E-state index in [0.717, 1.165) is 18.9 Å². The van der Waals surface area contributed by atoms with Crippen LogP contribution < -0.4 is 0 Å². The molecule has 0 aromatic carbocycles. The number of isocyanates is 1. The van der Waals surface area contributed by atoms with Gasteiger partial charge in [-0.2, -0.15) is 18.2 Å². The summed E-state index contributed by atoms with van der Waals surface area (Å²) >= 11 is 0. The molecule has 2 rings (SSSR count). The summed E-state index contributed by atoms with van der Waals surface area (Å²) in [6.45, 7) is 0. The van der Waals surface area contributed by atoms with Gasteiger partial charge in [-0.15, -0.1) is 0 Å². The molecule has 1 aromatic rings. The first-order valence-corrected chi connectivity index (χ1v) is 4.67. The minimum absolute atomic E-state index is 0.260. The van der Waals surface area contributed by atoms with Crippen molar-refractivity contribution in [1.82, 2.24) is 4.98 Å².